The highest BCUT2D eigenvalue weighted by Gasteiger charge is 2.11. The van der Waals surface area contributed by atoms with Gasteiger partial charge in [0.25, 0.3) is 0 Å². The van der Waals surface area contributed by atoms with E-state index in [1.165, 1.54) is 17.8 Å². The maximum atomic E-state index is 11.9. The second-order valence-corrected chi connectivity index (χ2v) is 6.41. The van der Waals surface area contributed by atoms with E-state index in [-0.39, 0.29) is 17.2 Å². The molecule has 2 aromatic carbocycles. The molecular weight excluding hydrogens is 401 g/mol. The summed E-state index contributed by atoms with van der Waals surface area (Å²) in [6, 6.07) is 14.1. The summed E-state index contributed by atoms with van der Waals surface area (Å²) in [6.45, 7) is 0. The molecule has 0 bridgehead atoms. The zero-order chi connectivity index (χ0) is 15.2. The summed E-state index contributed by atoms with van der Waals surface area (Å²) in [6.07, 6.45) is 0. The molecule has 1 amide bonds. The number of carboxylic acid groups (broad SMARTS) is 1. The first-order chi connectivity index (χ1) is 10.1. The fourth-order valence-corrected chi connectivity index (χ4v) is 3.06. The smallest absolute Gasteiger partial charge is 0.336 e. The van der Waals surface area contributed by atoms with Gasteiger partial charge in [-0.2, -0.15) is 0 Å². The highest BCUT2D eigenvalue weighted by Crippen LogP contribution is 2.23. The number of nitrogens with one attached hydrogen (secondary N) is 1. The van der Waals surface area contributed by atoms with E-state index in [1.54, 1.807) is 18.2 Å². The van der Waals surface area contributed by atoms with E-state index in [1.807, 2.05) is 24.3 Å². The van der Waals surface area contributed by atoms with Crippen LogP contribution in [0.25, 0.3) is 0 Å². The van der Waals surface area contributed by atoms with E-state index < -0.39 is 5.97 Å². The van der Waals surface area contributed by atoms with E-state index in [2.05, 4.69) is 27.9 Å². The predicted molar refractivity (Wildman–Crippen MR) is 91.9 cm³/mol. The van der Waals surface area contributed by atoms with E-state index in [0.717, 1.165) is 9.26 Å². The number of amides is 1. The van der Waals surface area contributed by atoms with Gasteiger partial charge in [-0.1, -0.05) is 18.2 Å². The van der Waals surface area contributed by atoms with Crippen molar-refractivity contribution < 1.29 is 14.7 Å². The lowest BCUT2D eigenvalue weighted by atomic mass is 10.2. The molecule has 108 valence electrons. The molecule has 0 aliphatic carbocycles. The lowest BCUT2D eigenvalue weighted by Crippen LogP contribution is -2.14. The number of carbonyl (C=O) groups excluding carboxylic acids is 1. The first-order valence-corrected chi connectivity index (χ1v) is 8.13. The van der Waals surface area contributed by atoms with Crippen molar-refractivity contribution in [1.82, 2.24) is 0 Å². The van der Waals surface area contributed by atoms with Gasteiger partial charge in [0, 0.05) is 14.2 Å². The summed E-state index contributed by atoms with van der Waals surface area (Å²) >= 11 is 3.38. The van der Waals surface area contributed by atoms with Crippen LogP contribution in [0.5, 0.6) is 0 Å². The lowest BCUT2D eigenvalue weighted by molar-refractivity contribution is -0.113. The van der Waals surface area contributed by atoms with Gasteiger partial charge in [0.1, 0.15) is 0 Å². The first kappa shape index (κ1) is 15.8. The van der Waals surface area contributed by atoms with Gasteiger partial charge in [-0.25, -0.2) is 4.79 Å². The zero-order valence-electron chi connectivity index (χ0n) is 10.9. The molecule has 4 nitrogen and oxygen atoms in total. The summed E-state index contributed by atoms with van der Waals surface area (Å²) < 4.78 is 1.04. The predicted octanol–water partition coefficient (Wildman–Crippen LogP) is 3.72. The topological polar surface area (TPSA) is 66.4 Å². The van der Waals surface area contributed by atoms with Crippen molar-refractivity contribution in [1.29, 1.82) is 0 Å². The van der Waals surface area contributed by atoms with Gasteiger partial charge in [0.05, 0.1) is 11.3 Å². The maximum absolute atomic E-state index is 11.9. The van der Waals surface area contributed by atoms with Gasteiger partial charge in [0.2, 0.25) is 5.91 Å². The van der Waals surface area contributed by atoms with Crippen LogP contribution in [0.15, 0.2) is 53.4 Å². The van der Waals surface area contributed by atoms with Gasteiger partial charge < -0.3 is 10.4 Å². The van der Waals surface area contributed by atoms with Crippen molar-refractivity contribution in [3.05, 3.63) is 57.7 Å². The van der Waals surface area contributed by atoms with Crippen LogP contribution in [0.3, 0.4) is 0 Å². The molecule has 2 aromatic rings. The number of rotatable bonds is 5. The first-order valence-electron chi connectivity index (χ1n) is 6.07. The molecule has 2 rings (SSSR count). The zero-order valence-corrected chi connectivity index (χ0v) is 13.8. The molecule has 0 aromatic heterocycles. The second kappa shape index (κ2) is 7.46. The average molecular weight is 413 g/mol. The largest absolute Gasteiger partial charge is 0.478 e. The molecule has 0 fully saturated rings. The lowest BCUT2D eigenvalue weighted by Gasteiger charge is -2.07. The maximum Gasteiger partial charge on any atom is 0.336 e. The Morgan fingerprint density at radius 2 is 1.90 bits per heavy atom. The van der Waals surface area contributed by atoms with Crippen LogP contribution >= 0.6 is 34.4 Å². The summed E-state index contributed by atoms with van der Waals surface area (Å²) in [4.78, 5) is 23.6. The molecular formula is C15H12INO3S. The summed E-state index contributed by atoms with van der Waals surface area (Å²) in [5, 5.41) is 11.9. The molecule has 0 aliphatic heterocycles. The molecule has 0 saturated heterocycles. The van der Waals surface area contributed by atoms with Crippen molar-refractivity contribution in [2.45, 2.75) is 4.90 Å². The third-order valence-electron chi connectivity index (χ3n) is 2.58. The Bertz CT molecular complexity index is 675. The number of carbonyl (C=O) groups is 2. The van der Waals surface area contributed by atoms with Crippen LogP contribution in [-0.4, -0.2) is 22.7 Å². The molecule has 6 heteroatoms. The van der Waals surface area contributed by atoms with Crippen molar-refractivity contribution in [3.63, 3.8) is 0 Å². The molecule has 0 unspecified atom stereocenters. The fraction of sp³-hybridized carbons (Fsp3) is 0.0667. The van der Waals surface area contributed by atoms with Crippen molar-refractivity contribution in [2.24, 2.45) is 0 Å². The third-order valence-corrected chi connectivity index (χ3v) is 4.33. The standard InChI is InChI=1S/C15H12INO3S/c16-10-4-3-5-11(8-10)17-14(18)9-21-13-7-2-1-6-12(13)15(19)20/h1-8H,9H2,(H,17,18)(H,19,20). The number of halogens is 1. The van der Waals surface area contributed by atoms with Gasteiger partial charge in [-0.05, 0) is 52.9 Å². The Hall–Kier alpha value is -1.54. The second-order valence-electron chi connectivity index (χ2n) is 4.15. The number of carboxylic acids is 1. The minimum absolute atomic E-state index is 0.162. The Balaban J connectivity index is 1.97. The highest BCUT2D eigenvalue weighted by atomic mass is 127. The van der Waals surface area contributed by atoms with E-state index in [4.69, 9.17) is 5.11 Å². The number of anilines is 1. The minimum atomic E-state index is -0.990. The molecule has 0 atom stereocenters. The van der Waals surface area contributed by atoms with E-state index in [9.17, 15) is 9.59 Å². The average Bonchev–Trinajstić information content (AvgIpc) is 2.45. The molecule has 21 heavy (non-hydrogen) atoms. The normalized spacial score (nSPS) is 10.1. The number of benzene rings is 2. The van der Waals surface area contributed by atoms with Crippen LogP contribution in [0, 0.1) is 3.57 Å². The van der Waals surface area contributed by atoms with Crippen molar-refractivity contribution >= 4 is 51.9 Å². The molecule has 2 N–H and O–H groups in total. The van der Waals surface area contributed by atoms with Gasteiger partial charge in [0.15, 0.2) is 0 Å². The minimum Gasteiger partial charge on any atom is -0.478 e. The van der Waals surface area contributed by atoms with Crippen LogP contribution in [0.2, 0.25) is 0 Å². The fourth-order valence-electron chi connectivity index (χ4n) is 1.68. The Morgan fingerprint density at radius 3 is 2.62 bits per heavy atom. The van der Waals surface area contributed by atoms with Gasteiger partial charge >= 0.3 is 5.97 Å². The SMILES string of the molecule is O=C(CSc1ccccc1C(=O)O)Nc1cccc(I)c1. The third kappa shape index (κ3) is 4.75. The van der Waals surface area contributed by atoms with Crippen molar-refractivity contribution in [2.75, 3.05) is 11.1 Å². The molecule has 0 saturated carbocycles. The van der Waals surface area contributed by atoms with Gasteiger partial charge in [-0.3, -0.25) is 4.79 Å². The summed E-state index contributed by atoms with van der Waals surface area (Å²) in [5.41, 5.74) is 0.948. The summed E-state index contributed by atoms with van der Waals surface area (Å²) in [7, 11) is 0. The Labute approximate surface area is 140 Å². The van der Waals surface area contributed by atoms with E-state index >= 15 is 0 Å². The number of hydrogen-bond donors (Lipinski definition) is 2. The van der Waals surface area contributed by atoms with Crippen LogP contribution < -0.4 is 5.32 Å². The van der Waals surface area contributed by atoms with Crippen LogP contribution in [0.4, 0.5) is 5.69 Å². The van der Waals surface area contributed by atoms with E-state index in [0.29, 0.717) is 4.90 Å². The molecule has 0 radical (unpaired) electrons. The Kier molecular flexibility index (Phi) is 5.63. The molecule has 0 aliphatic rings. The molecule has 0 spiro atoms. The van der Waals surface area contributed by atoms with Crippen LogP contribution in [-0.2, 0) is 4.79 Å². The molecule has 0 heterocycles. The summed E-state index contributed by atoms with van der Waals surface area (Å²) in [5.74, 6) is -0.992. The number of aromatic carboxylic acids is 1. The quantitative estimate of drug-likeness (QED) is 0.580. The van der Waals surface area contributed by atoms with Gasteiger partial charge in [-0.15, -0.1) is 11.8 Å². The highest BCUT2D eigenvalue weighted by molar-refractivity contribution is 14.1. The number of thioether (sulfide) groups is 1. The number of hydrogen-bond acceptors (Lipinski definition) is 3. The van der Waals surface area contributed by atoms with Crippen LogP contribution in [0.1, 0.15) is 10.4 Å². The monoisotopic (exact) mass is 413 g/mol. The Morgan fingerprint density at radius 1 is 1.14 bits per heavy atom. The van der Waals surface area contributed by atoms with Crippen molar-refractivity contribution in [3.8, 4) is 0 Å².